The maximum absolute atomic E-state index is 9.76. The molecule has 0 aliphatic carbocycles. The van der Waals surface area contributed by atoms with E-state index in [-0.39, 0.29) is 18.4 Å². The van der Waals surface area contributed by atoms with Crippen molar-refractivity contribution in [2.45, 2.75) is 25.5 Å². The molecular formula is C18H23N3O4. The number of benzene rings is 1. The first kappa shape index (κ1) is 16.5. The second-order valence-corrected chi connectivity index (χ2v) is 6.77. The van der Waals surface area contributed by atoms with Crippen molar-refractivity contribution in [3.05, 3.63) is 41.0 Å². The fourth-order valence-corrected chi connectivity index (χ4v) is 3.76. The number of nitrogens with zero attached hydrogens (tertiary/aromatic N) is 3. The van der Waals surface area contributed by atoms with E-state index in [4.69, 9.17) is 14.0 Å². The summed E-state index contributed by atoms with van der Waals surface area (Å²) >= 11 is 0. The zero-order valence-electron chi connectivity index (χ0n) is 14.4. The average molecular weight is 345 g/mol. The molecule has 1 saturated heterocycles. The molecule has 2 aliphatic heterocycles. The Morgan fingerprint density at radius 2 is 2.28 bits per heavy atom. The van der Waals surface area contributed by atoms with Crippen LogP contribution in [-0.2, 0) is 24.3 Å². The van der Waals surface area contributed by atoms with Gasteiger partial charge in [-0.15, -0.1) is 0 Å². The molecule has 1 aromatic heterocycles. The minimum atomic E-state index is 0.0564. The van der Waals surface area contributed by atoms with E-state index in [2.05, 4.69) is 33.2 Å². The number of ether oxygens (including phenoxy) is 2. The molecule has 134 valence electrons. The smallest absolute Gasteiger partial charge is 0.231 e. The maximum Gasteiger partial charge on any atom is 0.231 e. The molecule has 1 fully saturated rings. The van der Waals surface area contributed by atoms with Gasteiger partial charge in [-0.25, -0.2) is 0 Å². The molecule has 0 radical (unpaired) electrons. The van der Waals surface area contributed by atoms with Crippen molar-refractivity contribution in [2.24, 2.45) is 5.92 Å². The van der Waals surface area contributed by atoms with E-state index in [0.29, 0.717) is 18.3 Å². The minimum Gasteiger partial charge on any atom is -0.493 e. The van der Waals surface area contributed by atoms with Crippen molar-refractivity contribution >= 4 is 0 Å². The topological polar surface area (TPSA) is 80.9 Å². The van der Waals surface area contributed by atoms with Gasteiger partial charge in [0.15, 0.2) is 5.82 Å². The molecule has 25 heavy (non-hydrogen) atoms. The second kappa shape index (κ2) is 7.11. The summed E-state index contributed by atoms with van der Waals surface area (Å²) in [5.74, 6) is 2.31. The first-order chi connectivity index (χ1) is 12.3. The summed E-state index contributed by atoms with van der Waals surface area (Å²) in [5.41, 5.74) is 2.56. The summed E-state index contributed by atoms with van der Waals surface area (Å²) in [6.45, 7) is 3.68. The first-order valence-corrected chi connectivity index (χ1v) is 8.66. The quantitative estimate of drug-likeness (QED) is 0.846. The summed E-state index contributed by atoms with van der Waals surface area (Å²) in [6, 6.07) is 6.41. The van der Waals surface area contributed by atoms with Crippen LogP contribution in [0, 0.1) is 5.92 Å². The Kier molecular flexibility index (Phi) is 4.70. The summed E-state index contributed by atoms with van der Waals surface area (Å²) < 4.78 is 16.0. The number of rotatable bonds is 6. The predicted octanol–water partition coefficient (Wildman–Crippen LogP) is 1.36. The Hall–Kier alpha value is -1.96. The fourth-order valence-electron chi connectivity index (χ4n) is 3.76. The van der Waals surface area contributed by atoms with E-state index in [1.165, 1.54) is 11.1 Å². The molecule has 2 aliphatic rings. The van der Waals surface area contributed by atoms with E-state index in [0.717, 1.165) is 38.4 Å². The van der Waals surface area contributed by atoms with Crippen LogP contribution in [0.5, 0.6) is 5.75 Å². The number of methoxy groups -OCH3 is 1. The van der Waals surface area contributed by atoms with Gasteiger partial charge in [0.1, 0.15) is 12.4 Å². The van der Waals surface area contributed by atoms with Crippen LogP contribution in [-0.4, -0.2) is 53.6 Å². The molecule has 0 saturated carbocycles. The highest BCUT2D eigenvalue weighted by atomic mass is 16.5. The van der Waals surface area contributed by atoms with Crippen LogP contribution >= 0.6 is 0 Å². The highest BCUT2D eigenvalue weighted by molar-refractivity contribution is 5.39. The Morgan fingerprint density at radius 3 is 3.12 bits per heavy atom. The van der Waals surface area contributed by atoms with Crippen molar-refractivity contribution in [1.82, 2.24) is 15.0 Å². The lowest BCUT2D eigenvalue weighted by Gasteiger charge is -2.16. The molecule has 3 heterocycles. The van der Waals surface area contributed by atoms with Crippen LogP contribution in [0.2, 0.25) is 0 Å². The van der Waals surface area contributed by atoms with Crippen LogP contribution < -0.4 is 4.74 Å². The Balaban J connectivity index is 1.45. The van der Waals surface area contributed by atoms with Crippen molar-refractivity contribution in [1.29, 1.82) is 0 Å². The van der Waals surface area contributed by atoms with Gasteiger partial charge >= 0.3 is 0 Å². The molecule has 4 rings (SSSR count). The predicted molar refractivity (Wildman–Crippen MR) is 89.2 cm³/mol. The van der Waals surface area contributed by atoms with Gasteiger partial charge in [-0.3, -0.25) is 4.90 Å². The first-order valence-electron chi connectivity index (χ1n) is 8.66. The number of likely N-dealkylation sites (tertiary alicyclic amines) is 1. The summed E-state index contributed by atoms with van der Waals surface area (Å²) in [7, 11) is 1.60. The summed E-state index contributed by atoms with van der Waals surface area (Å²) in [4.78, 5) is 6.75. The van der Waals surface area contributed by atoms with Gasteiger partial charge in [-0.2, -0.15) is 4.98 Å². The Bertz CT molecular complexity index is 733. The summed E-state index contributed by atoms with van der Waals surface area (Å²) in [6.07, 6.45) is 0.981. The maximum atomic E-state index is 9.76. The molecule has 1 aromatic carbocycles. The van der Waals surface area contributed by atoms with Crippen LogP contribution in [0.1, 0.15) is 28.8 Å². The highest BCUT2D eigenvalue weighted by Crippen LogP contribution is 2.33. The van der Waals surface area contributed by atoms with Gasteiger partial charge < -0.3 is 19.1 Å². The Morgan fingerprint density at radius 1 is 1.36 bits per heavy atom. The van der Waals surface area contributed by atoms with Crippen LogP contribution in [0.3, 0.4) is 0 Å². The van der Waals surface area contributed by atoms with Crippen LogP contribution in [0.25, 0.3) is 0 Å². The van der Waals surface area contributed by atoms with Crippen molar-refractivity contribution in [3.63, 3.8) is 0 Å². The van der Waals surface area contributed by atoms with Gasteiger partial charge in [-0.1, -0.05) is 17.3 Å². The van der Waals surface area contributed by atoms with E-state index >= 15 is 0 Å². The normalized spacial score (nSPS) is 23.0. The zero-order chi connectivity index (χ0) is 17.2. The standard InChI is InChI=1S/C18H23N3O4/c1-23-11-17-19-18(25-20-17)15-9-21(8-14(15)10-22)7-12-2-3-16-13(6-12)4-5-24-16/h2-3,6,14-15,22H,4-5,7-11H2,1H3/t14-,15+/m0/s1. The molecule has 2 aromatic rings. The summed E-state index contributed by atoms with van der Waals surface area (Å²) in [5, 5.41) is 13.7. The molecule has 7 heteroatoms. The third kappa shape index (κ3) is 3.40. The SMILES string of the molecule is COCc1noc([C@@H]2CN(Cc3ccc4c(c3)CCO4)C[C@H]2CO)n1. The van der Waals surface area contributed by atoms with Gasteiger partial charge in [0.25, 0.3) is 0 Å². The van der Waals surface area contributed by atoms with E-state index in [9.17, 15) is 5.11 Å². The number of hydrogen-bond donors (Lipinski definition) is 1. The molecule has 0 amide bonds. The minimum absolute atomic E-state index is 0.0564. The lowest BCUT2D eigenvalue weighted by Crippen LogP contribution is -2.21. The average Bonchev–Trinajstić information content (AvgIpc) is 3.33. The monoisotopic (exact) mass is 345 g/mol. The molecule has 1 N–H and O–H groups in total. The van der Waals surface area contributed by atoms with Gasteiger partial charge in [-0.05, 0) is 17.2 Å². The Labute approximate surface area is 146 Å². The van der Waals surface area contributed by atoms with E-state index < -0.39 is 0 Å². The van der Waals surface area contributed by atoms with Gasteiger partial charge in [0.2, 0.25) is 5.89 Å². The van der Waals surface area contributed by atoms with E-state index in [1.54, 1.807) is 7.11 Å². The third-order valence-corrected chi connectivity index (χ3v) is 4.99. The third-order valence-electron chi connectivity index (χ3n) is 4.99. The second-order valence-electron chi connectivity index (χ2n) is 6.77. The number of fused-ring (bicyclic) bond motifs is 1. The van der Waals surface area contributed by atoms with Crippen molar-refractivity contribution in [3.8, 4) is 5.75 Å². The molecule has 0 unspecified atom stereocenters. The highest BCUT2D eigenvalue weighted by Gasteiger charge is 2.37. The lowest BCUT2D eigenvalue weighted by atomic mass is 9.97. The van der Waals surface area contributed by atoms with Crippen molar-refractivity contribution in [2.75, 3.05) is 33.4 Å². The van der Waals surface area contributed by atoms with Gasteiger partial charge in [0, 0.05) is 45.7 Å². The largest absolute Gasteiger partial charge is 0.493 e. The zero-order valence-corrected chi connectivity index (χ0v) is 14.4. The van der Waals surface area contributed by atoms with Crippen molar-refractivity contribution < 1.29 is 19.1 Å². The lowest BCUT2D eigenvalue weighted by molar-refractivity contribution is 0.174. The van der Waals surface area contributed by atoms with Gasteiger partial charge in [0.05, 0.1) is 12.5 Å². The molecule has 0 spiro atoms. The molecule has 2 atom stereocenters. The van der Waals surface area contributed by atoms with E-state index in [1.807, 2.05) is 0 Å². The van der Waals surface area contributed by atoms with Crippen LogP contribution in [0.4, 0.5) is 0 Å². The fraction of sp³-hybridized carbons (Fsp3) is 0.556. The number of aromatic nitrogens is 2. The number of aliphatic hydroxyl groups is 1. The molecule has 7 nitrogen and oxygen atoms in total. The number of hydrogen-bond acceptors (Lipinski definition) is 7. The number of aliphatic hydroxyl groups excluding tert-OH is 1. The molecular weight excluding hydrogens is 322 g/mol. The van der Waals surface area contributed by atoms with Crippen LogP contribution in [0.15, 0.2) is 22.7 Å². The molecule has 0 bridgehead atoms.